The standard InChI is InChI=1S/C18H19N5O2/c24-18(25)11-3-4-15-13(6-11)14(8-21-15)16-9-20-10-17(23-16)22-12-2-1-5-19-7-12/h3-4,6,8-10,12,19,21H,1-2,5,7H2,(H,22,23)(H,24,25)/t12-/m1/s1. The molecule has 1 aromatic carbocycles. The average Bonchev–Trinajstić information content (AvgIpc) is 3.06. The van der Waals surface area contributed by atoms with Gasteiger partial charge in [0.1, 0.15) is 5.82 Å². The summed E-state index contributed by atoms with van der Waals surface area (Å²) >= 11 is 0. The van der Waals surface area contributed by atoms with Crippen molar-refractivity contribution in [2.45, 2.75) is 18.9 Å². The minimum atomic E-state index is -0.944. The van der Waals surface area contributed by atoms with Crippen LogP contribution in [0.4, 0.5) is 5.82 Å². The number of nitrogens with one attached hydrogen (secondary N) is 3. The molecule has 1 aliphatic rings. The Kier molecular flexibility index (Phi) is 4.07. The molecule has 25 heavy (non-hydrogen) atoms. The number of hydrogen-bond acceptors (Lipinski definition) is 5. The van der Waals surface area contributed by atoms with Gasteiger partial charge in [0.05, 0.1) is 23.7 Å². The van der Waals surface area contributed by atoms with Crippen molar-refractivity contribution in [3.05, 3.63) is 42.4 Å². The van der Waals surface area contributed by atoms with Crippen LogP contribution in [0, 0.1) is 0 Å². The van der Waals surface area contributed by atoms with Crippen molar-refractivity contribution in [1.82, 2.24) is 20.3 Å². The highest BCUT2D eigenvalue weighted by atomic mass is 16.4. The lowest BCUT2D eigenvalue weighted by Crippen LogP contribution is -2.38. The number of hydrogen-bond donors (Lipinski definition) is 4. The Morgan fingerprint density at radius 2 is 2.24 bits per heavy atom. The van der Waals surface area contributed by atoms with Gasteiger partial charge in [0.2, 0.25) is 0 Å². The lowest BCUT2D eigenvalue weighted by Gasteiger charge is -2.24. The highest BCUT2D eigenvalue weighted by Gasteiger charge is 2.15. The van der Waals surface area contributed by atoms with Gasteiger partial charge in [-0.15, -0.1) is 0 Å². The minimum absolute atomic E-state index is 0.254. The van der Waals surface area contributed by atoms with Crippen molar-refractivity contribution in [2.24, 2.45) is 0 Å². The maximum absolute atomic E-state index is 11.2. The molecule has 0 amide bonds. The molecule has 1 fully saturated rings. The second-order valence-corrected chi connectivity index (χ2v) is 6.25. The fraction of sp³-hybridized carbons (Fsp3) is 0.278. The highest BCUT2D eigenvalue weighted by Crippen LogP contribution is 2.28. The van der Waals surface area contributed by atoms with E-state index in [-0.39, 0.29) is 5.56 Å². The third-order valence-electron chi connectivity index (χ3n) is 4.49. The zero-order valence-electron chi connectivity index (χ0n) is 13.6. The molecule has 4 rings (SSSR count). The highest BCUT2D eigenvalue weighted by molar-refractivity contribution is 5.99. The van der Waals surface area contributed by atoms with E-state index in [4.69, 9.17) is 0 Å². The van der Waals surface area contributed by atoms with E-state index in [1.54, 1.807) is 30.6 Å². The predicted molar refractivity (Wildman–Crippen MR) is 95.8 cm³/mol. The fourth-order valence-corrected chi connectivity index (χ4v) is 3.22. The van der Waals surface area contributed by atoms with Crippen LogP contribution in [0.5, 0.6) is 0 Å². The quantitative estimate of drug-likeness (QED) is 0.583. The number of benzene rings is 1. The Balaban J connectivity index is 1.67. The molecular weight excluding hydrogens is 318 g/mol. The number of piperidine rings is 1. The van der Waals surface area contributed by atoms with Gasteiger partial charge in [-0.05, 0) is 37.6 Å². The Bertz CT molecular complexity index is 915. The summed E-state index contributed by atoms with van der Waals surface area (Å²) in [5.74, 6) is -0.213. The molecule has 3 aromatic rings. The molecule has 1 aliphatic heterocycles. The van der Waals surface area contributed by atoms with Crippen LogP contribution in [0.15, 0.2) is 36.8 Å². The summed E-state index contributed by atoms with van der Waals surface area (Å²) in [6, 6.07) is 5.37. The molecule has 0 aliphatic carbocycles. The molecule has 0 unspecified atom stereocenters. The first-order valence-corrected chi connectivity index (χ1v) is 8.35. The van der Waals surface area contributed by atoms with Crippen LogP contribution >= 0.6 is 0 Å². The van der Waals surface area contributed by atoms with Crippen molar-refractivity contribution < 1.29 is 9.90 Å². The van der Waals surface area contributed by atoms with Crippen LogP contribution in [-0.4, -0.2) is 45.2 Å². The topological polar surface area (TPSA) is 103 Å². The van der Waals surface area contributed by atoms with Crippen molar-refractivity contribution in [3.8, 4) is 11.3 Å². The number of H-pyrrole nitrogens is 1. The second kappa shape index (κ2) is 6.52. The lowest BCUT2D eigenvalue weighted by molar-refractivity contribution is 0.0697. The molecule has 0 radical (unpaired) electrons. The molecule has 2 aromatic heterocycles. The van der Waals surface area contributed by atoms with Gasteiger partial charge in [-0.2, -0.15) is 0 Å². The van der Waals surface area contributed by atoms with E-state index in [1.807, 2.05) is 6.20 Å². The van der Waals surface area contributed by atoms with Gasteiger partial charge < -0.3 is 20.7 Å². The molecular formula is C18H19N5O2. The number of carbonyl (C=O) groups is 1. The van der Waals surface area contributed by atoms with Crippen molar-refractivity contribution in [2.75, 3.05) is 18.4 Å². The van der Waals surface area contributed by atoms with E-state index in [0.717, 1.165) is 48.2 Å². The summed E-state index contributed by atoms with van der Waals surface area (Å²) in [7, 11) is 0. The fourth-order valence-electron chi connectivity index (χ4n) is 3.22. The van der Waals surface area contributed by atoms with Gasteiger partial charge in [0.25, 0.3) is 0 Å². The van der Waals surface area contributed by atoms with Crippen LogP contribution in [0.1, 0.15) is 23.2 Å². The minimum Gasteiger partial charge on any atom is -0.478 e. The molecule has 128 valence electrons. The third-order valence-corrected chi connectivity index (χ3v) is 4.49. The number of aromatic amines is 1. The molecule has 0 bridgehead atoms. The van der Waals surface area contributed by atoms with Gasteiger partial charge in [0.15, 0.2) is 0 Å². The number of aromatic carboxylic acids is 1. The summed E-state index contributed by atoms with van der Waals surface area (Å²) in [6.07, 6.45) is 7.50. The molecule has 0 spiro atoms. The zero-order valence-corrected chi connectivity index (χ0v) is 13.6. The molecule has 7 heteroatoms. The van der Waals surface area contributed by atoms with E-state index in [9.17, 15) is 9.90 Å². The summed E-state index contributed by atoms with van der Waals surface area (Å²) in [5.41, 5.74) is 2.68. The summed E-state index contributed by atoms with van der Waals surface area (Å²) in [6.45, 7) is 1.98. The number of anilines is 1. The molecule has 7 nitrogen and oxygen atoms in total. The Morgan fingerprint density at radius 3 is 3.04 bits per heavy atom. The first-order valence-electron chi connectivity index (χ1n) is 8.35. The molecule has 4 N–H and O–H groups in total. The third kappa shape index (κ3) is 3.18. The summed E-state index contributed by atoms with van der Waals surface area (Å²) in [5, 5.41) is 16.8. The van der Waals surface area contributed by atoms with Gasteiger partial charge in [-0.3, -0.25) is 4.98 Å². The van der Waals surface area contributed by atoms with Crippen LogP contribution in [-0.2, 0) is 0 Å². The Hall–Kier alpha value is -2.93. The number of fused-ring (bicyclic) bond motifs is 1. The maximum Gasteiger partial charge on any atom is 0.335 e. The molecule has 1 saturated heterocycles. The molecule has 3 heterocycles. The molecule has 0 saturated carbocycles. The second-order valence-electron chi connectivity index (χ2n) is 6.25. The van der Waals surface area contributed by atoms with Crippen LogP contribution in [0.25, 0.3) is 22.2 Å². The number of nitrogens with zero attached hydrogens (tertiary/aromatic N) is 2. The van der Waals surface area contributed by atoms with Gasteiger partial charge in [-0.25, -0.2) is 9.78 Å². The predicted octanol–water partition coefficient (Wildman–Crippen LogP) is 2.49. The number of carboxylic acids is 1. The van der Waals surface area contributed by atoms with E-state index >= 15 is 0 Å². The first-order chi connectivity index (χ1) is 12.2. The zero-order chi connectivity index (χ0) is 17.2. The van der Waals surface area contributed by atoms with Crippen LogP contribution in [0.2, 0.25) is 0 Å². The van der Waals surface area contributed by atoms with Crippen molar-refractivity contribution >= 4 is 22.7 Å². The lowest BCUT2D eigenvalue weighted by atomic mass is 10.1. The number of aromatic nitrogens is 3. The summed E-state index contributed by atoms with van der Waals surface area (Å²) in [4.78, 5) is 23.4. The Morgan fingerprint density at radius 1 is 1.32 bits per heavy atom. The largest absolute Gasteiger partial charge is 0.478 e. The number of rotatable bonds is 4. The monoisotopic (exact) mass is 337 g/mol. The van der Waals surface area contributed by atoms with E-state index < -0.39 is 5.97 Å². The maximum atomic E-state index is 11.2. The van der Waals surface area contributed by atoms with E-state index in [1.165, 1.54) is 0 Å². The van der Waals surface area contributed by atoms with Crippen LogP contribution < -0.4 is 10.6 Å². The normalized spacial score (nSPS) is 17.5. The van der Waals surface area contributed by atoms with Crippen LogP contribution in [0.3, 0.4) is 0 Å². The average molecular weight is 337 g/mol. The van der Waals surface area contributed by atoms with Crippen molar-refractivity contribution in [1.29, 1.82) is 0 Å². The smallest absolute Gasteiger partial charge is 0.335 e. The SMILES string of the molecule is O=C(O)c1ccc2[nH]cc(-c3cncc(N[C@@H]4CCCNC4)n3)c2c1. The number of carboxylic acid groups (broad SMARTS) is 1. The van der Waals surface area contributed by atoms with E-state index in [0.29, 0.717) is 11.7 Å². The summed E-state index contributed by atoms with van der Waals surface area (Å²) < 4.78 is 0. The first kappa shape index (κ1) is 15.6. The van der Waals surface area contributed by atoms with Crippen molar-refractivity contribution in [3.63, 3.8) is 0 Å². The molecule has 1 atom stereocenters. The van der Waals surface area contributed by atoms with Gasteiger partial charge >= 0.3 is 5.97 Å². The van der Waals surface area contributed by atoms with E-state index in [2.05, 4.69) is 25.6 Å². The van der Waals surface area contributed by atoms with Gasteiger partial charge in [-0.1, -0.05) is 0 Å². The Labute approximate surface area is 144 Å². The van der Waals surface area contributed by atoms with Gasteiger partial charge in [0, 0.05) is 35.2 Å².